The fraction of sp³-hybridized carbons (Fsp3) is 0.300. The van der Waals surface area contributed by atoms with Crippen LogP contribution in [0.5, 0.6) is 0 Å². The van der Waals surface area contributed by atoms with E-state index in [-0.39, 0.29) is 0 Å². The molecule has 0 aliphatic carbocycles. The molecule has 2 N–H and O–H groups in total. The highest BCUT2D eigenvalue weighted by Gasteiger charge is 2.23. The number of aliphatic imine (C=N–C) groups is 1. The summed E-state index contributed by atoms with van der Waals surface area (Å²) in [7, 11) is 0. The number of thioether (sulfide) groups is 1. The van der Waals surface area contributed by atoms with Gasteiger partial charge in [-0.3, -0.25) is 15.6 Å². The molecular formula is C10H10Cl3N3OS. The number of hydrogen-bond acceptors (Lipinski definition) is 5. The third-order valence-electron chi connectivity index (χ3n) is 2.18. The highest BCUT2D eigenvalue weighted by Crippen LogP contribution is 2.38. The Balaban J connectivity index is 2.09. The lowest BCUT2D eigenvalue weighted by Gasteiger charge is -2.19. The molecule has 0 atom stereocenters. The summed E-state index contributed by atoms with van der Waals surface area (Å²) < 4.78 is -1.49. The smallest absolute Gasteiger partial charge is 0.216 e. The average Bonchev–Trinajstić information content (AvgIpc) is 2.81. The third-order valence-corrected chi connectivity index (χ3v) is 3.78. The predicted molar refractivity (Wildman–Crippen MR) is 77.7 cm³/mol. The molecule has 0 spiro atoms. The first-order chi connectivity index (χ1) is 8.47. The standard InChI is InChI=1S/C10H10Cl3N3OS/c11-10(12,13)7-2-1-3-8(6-7)15-16(17)9-14-4-5-18-9/h1-3,6,15,17H,4-5H2. The molecule has 2 rings (SSSR count). The molecule has 18 heavy (non-hydrogen) atoms. The van der Waals surface area contributed by atoms with E-state index in [1.807, 2.05) is 0 Å². The molecule has 0 radical (unpaired) electrons. The van der Waals surface area contributed by atoms with Crippen molar-refractivity contribution in [3.05, 3.63) is 29.8 Å². The molecule has 0 saturated heterocycles. The molecule has 8 heteroatoms. The number of amidine groups is 1. The van der Waals surface area contributed by atoms with Crippen molar-refractivity contribution in [3.8, 4) is 0 Å². The van der Waals surface area contributed by atoms with E-state index in [1.165, 1.54) is 11.8 Å². The summed E-state index contributed by atoms with van der Waals surface area (Å²) >= 11 is 18.8. The summed E-state index contributed by atoms with van der Waals surface area (Å²) in [5, 5.41) is 11.2. The van der Waals surface area contributed by atoms with Crippen molar-refractivity contribution in [1.82, 2.24) is 5.17 Å². The number of halogens is 3. The first-order valence-corrected chi connectivity index (χ1v) is 7.19. The largest absolute Gasteiger partial charge is 0.273 e. The van der Waals surface area contributed by atoms with Gasteiger partial charge in [0, 0.05) is 11.3 Å². The van der Waals surface area contributed by atoms with Crippen LogP contribution in [0.4, 0.5) is 5.69 Å². The molecule has 1 heterocycles. The van der Waals surface area contributed by atoms with Crippen molar-refractivity contribution >= 4 is 57.4 Å². The van der Waals surface area contributed by atoms with Crippen LogP contribution >= 0.6 is 46.6 Å². The maximum absolute atomic E-state index is 9.77. The highest BCUT2D eigenvalue weighted by atomic mass is 35.6. The fourth-order valence-electron chi connectivity index (χ4n) is 1.39. The van der Waals surface area contributed by atoms with E-state index in [0.29, 0.717) is 23.0 Å². The van der Waals surface area contributed by atoms with Gasteiger partial charge in [-0.1, -0.05) is 58.7 Å². The molecule has 1 aliphatic rings. The number of alkyl halides is 3. The van der Waals surface area contributed by atoms with Crippen LogP contribution in [-0.2, 0) is 3.79 Å². The molecular weight excluding hydrogens is 317 g/mol. The summed E-state index contributed by atoms with van der Waals surface area (Å²) in [6, 6.07) is 6.83. The van der Waals surface area contributed by atoms with E-state index in [9.17, 15) is 5.21 Å². The van der Waals surface area contributed by atoms with Crippen LogP contribution in [-0.4, -0.2) is 27.8 Å². The van der Waals surface area contributed by atoms with Gasteiger partial charge in [0.05, 0.1) is 12.2 Å². The van der Waals surface area contributed by atoms with Gasteiger partial charge in [0.15, 0.2) is 0 Å². The van der Waals surface area contributed by atoms with E-state index in [4.69, 9.17) is 34.8 Å². The maximum Gasteiger partial charge on any atom is 0.216 e. The number of hydrazine groups is 1. The lowest BCUT2D eigenvalue weighted by Crippen LogP contribution is -2.30. The zero-order chi connectivity index (χ0) is 13.2. The molecule has 0 bridgehead atoms. The Morgan fingerprint density at radius 2 is 2.17 bits per heavy atom. The molecule has 1 aliphatic heterocycles. The van der Waals surface area contributed by atoms with Crippen molar-refractivity contribution in [1.29, 1.82) is 0 Å². The lowest BCUT2D eigenvalue weighted by atomic mass is 10.2. The van der Waals surface area contributed by atoms with Crippen molar-refractivity contribution < 1.29 is 5.21 Å². The van der Waals surface area contributed by atoms with Crippen LogP contribution < -0.4 is 5.43 Å². The van der Waals surface area contributed by atoms with E-state index in [2.05, 4.69) is 10.4 Å². The van der Waals surface area contributed by atoms with Gasteiger partial charge in [-0.25, -0.2) is 0 Å². The monoisotopic (exact) mass is 325 g/mol. The van der Waals surface area contributed by atoms with Crippen LogP contribution in [0.3, 0.4) is 0 Å². The van der Waals surface area contributed by atoms with E-state index in [1.54, 1.807) is 24.3 Å². The fourth-order valence-corrected chi connectivity index (χ4v) is 2.46. The molecule has 1 aromatic carbocycles. The number of benzene rings is 1. The Kier molecular flexibility index (Phi) is 4.50. The topological polar surface area (TPSA) is 47.9 Å². The van der Waals surface area contributed by atoms with Gasteiger partial charge in [0.2, 0.25) is 8.96 Å². The van der Waals surface area contributed by atoms with Gasteiger partial charge >= 0.3 is 0 Å². The van der Waals surface area contributed by atoms with Crippen LogP contribution in [0.2, 0.25) is 0 Å². The SMILES string of the molecule is ON(Nc1cccc(C(Cl)(Cl)Cl)c1)C1=NCCS1. The Morgan fingerprint density at radius 3 is 2.78 bits per heavy atom. The average molecular weight is 327 g/mol. The number of nitrogens with one attached hydrogen (secondary N) is 1. The van der Waals surface area contributed by atoms with Crippen LogP contribution in [0.25, 0.3) is 0 Å². The molecule has 0 amide bonds. The summed E-state index contributed by atoms with van der Waals surface area (Å²) in [6.07, 6.45) is 0. The number of hydrogen-bond donors (Lipinski definition) is 2. The Morgan fingerprint density at radius 1 is 1.39 bits per heavy atom. The number of anilines is 1. The maximum atomic E-state index is 9.77. The van der Waals surface area contributed by atoms with E-state index < -0.39 is 3.79 Å². The zero-order valence-corrected chi connectivity index (χ0v) is 12.2. The van der Waals surface area contributed by atoms with Gasteiger partial charge in [-0.2, -0.15) is 0 Å². The summed E-state index contributed by atoms with van der Waals surface area (Å²) in [6.45, 7) is 0.701. The molecule has 4 nitrogen and oxygen atoms in total. The van der Waals surface area contributed by atoms with Crippen molar-refractivity contribution in [3.63, 3.8) is 0 Å². The predicted octanol–water partition coefficient (Wildman–Crippen LogP) is 3.63. The first kappa shape index (κ1) is 14.1. The molecule has 0 saturated carbocycles. The summed E-state index contributed by atoms with van der Waals surface area (Å²) in [5.41, 5.74) is 3.89. The third kappa shape index (κ3) is 3.59. The first-order valence-electron chi connectivity index (χ1n) is 5.07. The Bertz CT molecular complexity index is 464. The van der Waals surface area contributed by atoms with Crippen LogP contribution in [0.15, 0.2) is 29.3 Å². The van der Waals surface area contributed by atoms with Gasteiger partial charge in [-0.15, -0.1) is 5.17 Å². The second kappa shape index (κ2) is 5.75. The minimum absolute atomic E-state index is 0.520. The molecule has 98 valence electrons. The second-order valence-corrected chi connectivity index (χ2v) is 6.86. The van der Waals surface area contributed by atoms with E-state index >= 15 is 0 Å². The molecule has 0 fully saturated rings. The van der Waals surface area contributed by atoms with Crippen molar-refractivity contribution in [2.45, 2.75) is 3.79 Å². The number of nitrogens with zero attached hydrogens (tertiary/aromatic N) is 2. The minimum Gasteiger partial charge on any atom is -0.273 e. The minimum atomic E-state index is -1.49. The normalized spacial score (nSPS) is 15.4. The zero-order valence-electron chi connectivity index (χ0n) is 9.11. The Hall–Kier alpha value is -0.330. The quantitative estimate of drug-likeness (QED) is 0.643. The van der Waals surface area contributed by atoms with Crippen LogP contribution in [0, 0.1) is 0 Å². The second-order valence-electron chi connectivity index (χ2n) is 3.51. The lowest BCUT2D eigenvalue weighted by molar-refractivity contribution is 0.0162. The van der Waals surface area contributed by atoms with Crippen LogP contribution in [0.1, 0.15) is 5.56 Å². The molecule has 0 aromatic heterocycles. The van der Waals surface area contributed by atoms with Gasteiger partial charge in [0.25, 0.3) is 0 Å². The van der Waals surface area contributed by atoms with E-state index in [0.717, 1.165) is 10.9 Å². The number of rotatable bonds is 2. The van der Waals surface area contributed by atoms with Crippen molar-refractivity contribution in [2.24, 2.45) is 4.99 Å². The Labute approximate surface area is 124 Å². The molecule has 0 unspecified atom stereocenters. The van der Waals surface area contributed by atoms with Gasteiger partial charge < -0.3 is 0 Å². The van der Waals surface area contributed by atoms with Crippen molar-refractivity contribution in [2.75, 3.05) is 17.7 Å². The highest BCUT2D eigenvalue weighted by molar-refractivity contribution is 8.14. The summed E-state index contributed by atoms with van der Waals surface area (Å²) in [5.74, 6) is 0.863. The van der Waals surface area contributed by atoms with Gasteiger partial charge in [-0.05, 0) is 12.1 Å². The molecule has 1 aromatic rings. The summed E-state index contributed by atoms with van der Waals surface area (Å²) in [4.78, 5) is 4.12. The number of hydroxylamine groups is 1. The van der Waals surface area contributed by atoms with Gasteiger partial charge in [0.1, 0.15) is 0 Å².